The average Bonchev–Trinajstić information content (AvgIpc) is 2.69. The van der Waals surface area contributed by atoms with E-state index in [2.05, 4.69) is 5.10 Å². The third-order valence-electron chi connectivity index (χ3n) is 4.52. The third-order valence-corrected chi connectivity index (χ3v) is 4.87. The van der Waals surface area contributed by atoms with E-state index in [1.807, 2.05) is 6.92 Å². The molecule has 0 aliphatic rings. The monoisotopic (exact) mass is 402 g/mol. The molecule has 1 heterocycles. The average molecular weight is 403 g/mol. The van der Waals surface area contributed by atoms with Crippen LogP contribution in [0.3, 0.4) is 0 Å². The quantitative estimate of drug-likeness (QED) is 0.473. The van der Waals surface area contributed by atoms with Crippen LogP contribution < -0.4 is 10.5 Å². The molecule has 1 atom stereocenters. The normalized spacial score (nSPS) is 11.9. The molecule has 9 heteroatoms. The first-order valence-corrected chi connectivity index (χ1v) is 8.68. The van der Waals surface area contributed by atoms with E-state index in [0.717, 1.165) is 10.2 Å². The highest BCUT2D eigenvalue weighted by atomic mass is 35.5. The molecule has 0 saturated heterocycles. The van der Waals surface area contributed by atoms with Gasteiger partial charge in [0.05, 0.1) is 28.5 Å². The Balaban J connectivity index is 1.94. The maximum Gasteiger partial charge on any atom is 0.292 e. The van der Waals surface area contributed by atoms with Crippen LogP contribution >= 0.6 is 11.6 Å². The zero-order valence-electron chi connectivity index (χ0n) is 15.0. The van der Waals surface area contributed by atoms with Crippen LogP contribution in [0.5, 0.6) is 0 Å². The first-order valence-electron chi connectivity index (χ1n) is 8.30. The van der Waals surface area contributed by atoms with Gasteiger partial charge in [-0.1, -0.05) is 23.7 Å². The van der Waals surface area contributed by atoms with Crippen molar-refractivity contribution in [2.45, 2.75) is 13.0 Å². The minimum atomic E-state index is -0.550. The fraction of sp³-hybridized carbons (Fsp3) is 0.158. The standard InChI is InChI=1S/C19H16ClFN4O3/c1-12(13-3-5-14(21)6-4-13)23(2)17-11-22-24(19(26)18(17)20)15-7-9-16(10-8-15)25(27)28/h3-12H,1-2H3. The molecule has 7 nitrogen and oxygen atoms in total. The van der Waals surface area contributed by atoms with Crippen molar-refractivity contribution in [1.29, 1.82) is 0 Å². The summed E-state index contributed by atoms with van der Waals surface area (Å²) < 4.78 is 14.2. The van der Waals surface area contributed by atoms with Crippen LogP contribution in [-0.2, 0) is 0 Å². The number of halogens is 2. The van der Waals surface area contributed by atoms with E-state index in [0.29, 0.717) is 11.4 Å². The number of nitro groups is 1. The summed E-state index contributed by atoms with van der Waals surface area (Å²) in [6.07, 6.45) is 1.45. The Morgan fingerprint density at radius 3 is 2.36 bits per heavy atom. The highest BCUT2D eigenvalue weighted by Gasteiger charge is 2.19. The lowest BCUT2D eigenvalue weighted by Crippen LogP contribution is -2.28. The van der Waals surface area contributed by atoms with Crippen molar-refractivity contribution in [3.8, 4) is 5.69 Å². The van der Waals surface area contributed by atoms with Gasteiger partial charge in [-0.25, -0.2) is 4.39 Å². The number of benzene rings is 2. The molecule has 0 aliphatic heterocycles. The van der Waals surface area contributed by atoms with Crippen molar-refractivity contribution < 1.29 is 9.31 Å². The second kappa shape index (κ2) is 7.77. The van der Waals surface area contributed by atoms with E-state index in [-0.39, 0.29) is 22.6 Å². The zero-order valence-corrected chi connectivity index (χ0v) is 15.8. The number of nitro benzene ring substituents is 1. The predicted molar refractivity (Wildman–Crippen MR) is 105 cm³/mol. The second-order valence-electron chi connectivity index (χ2n) is 6.17. The van der Waals surface area contributed by atoms with Gasteiger partial charge in [-0.2, -0.15) is 9.78 Å². The number of nitrogens with zero attached hydrogens (tertiary/aromatic N) is 4. The van der Waals surface area contributed by atoms with E-state index in [4.69, 9.17) is 11.6 Å². The molecule has 1 unspecified atom stereocenters. The molecule has 3 rings (SSSR count). The maximum atomic E-state index is 13.1. The van der Waals surface area contributed by atoms with Crippen LogP contribution in [0.1, 0.15) is 18.5 Å². The van der Waals surface area contributed by atoms with Crippen LogP contribution in [0.15, 0.2) is 59.5 Å². The minimum absolute atomic E-state index is 0.0372. The molecular formula is C19H16ClFN4O3. The Morgan fingerprint density at radius 1 is 1.18 bits per heavy atom. The largest absolute Gasteiger partial charge is 0.365 e. The van der Waals surface area contributed by atoms with Crippen LogP contribution in [0, 0.1) is 15.9 Å². The fourth-order valence-electron chi connectivity index (χ4n) is 2.74. The summed E-state index contributed by atoms with van der Waals surface area (Å²) >= 11 is 6.30. The van der Waals surface area contributed by atoms with E-state index in [1.54, 1.807) is 24.1 Å². The highest BCUT2D eigenvalue weighted by molar-refractivity contribution is 6.33. The number of anilines is 1. The number of hydrogen-bond donors (Lipinski definition) is 0. The van der Waals surface area contributed by atoms with Crippen molar-refractivity contribution in [2.75, 3.05) is 11.9 Å². The van der Waals surface area contributed by atoms with Crippen LogP contribution in [0.2, 0.25) is 5.02 Å². The van der Waals surface area contributed by atoms with Gasteiger partial charge < -0.3 is 4.90 Å². The molecule has 144 valence electrons. The van der Waals surface area contributed by atoms with E-state index in [1.165, 1.54) is 42.6 Å². The Morgan fingerprint density at radius 2 is 1.79 bits per heavy atom. The summed E-state index contributed by atoms with van der Waals surface area (Å²) in [6.45, 7) is 1.89. The summed E-state index contributed by atoms with van der Waals surface area (Å²) in [5.41, 5.74) is 0.984. The van der Waals surface area contributed by atoms with Gasteiger partial charge in [0.1, 0.15) is 10.8 Å². The van der Waals surface area contributed by atoms with Gasteiger partial charge in [-0.3, -0.25) is 14.9 Å². The number of hydrogen-bond acceptors (Lipinski definition) is 5. The highest BCUT2D eigenvalue weighted by Crippen LogP contribution is 2.29. The van der Waals surface area contributed by atoms with Gasteiger partial charge in [-0.05, 0) is 36.8 Å². The molecule has 2 aromatic carbocycles. The Hall–Kier alpha value is -3.26. The molecule has 0 amide bonds. The van der Waals surface area contributed by atoms with E-state index in [9.17, 15) is 19.3 Å². The molecular weight excluding hydrogens is 387 g/mol. The van der Waals surface area contributed by atoms with Crippen molar-refractivity contribution in [1.82, 2.24) is 9.78 Å². The molecule has 0 spiro atoms. The molecule has 0 fully saturated rings. The Labute approximate surface area is 164 Å². The lowest BCUT2D eigenvalue weighted by molar-refractivity contribution is -0.384. The first kappa shape index (κ1) is 19.5. The topological polar surface area (TPSA) is 81.3 Å². The zero-order chi connectivity index (χ0) is 20.4. The van der Waals surface area contributed by atoms with Gasteiger partial charge in [0, 0.05) is 19.2 Å². The fourth-order valence-corrected chi connectivity index (χ4v) is 3.01. The van der Waals surface area contributed by atoms with E-state index >= 15 is 0 Å². The second-order valence-corrected chi connectivity index (χ2v) is 6.55. The number of rotatable bonds is 5. The van der Waals surface area contributed by atoms with Crippen molar-refractivity contribution in [3.63, 3.8) is 0 Å². The molecule has 0 bridgehead atoms. The summed E-state index contributed by atoms with van der Waals surface area (Å²) in [6, 6.07) is 11.3. The van der Waals surface area contributed by atoms with Gasteiger partial charge in [-0.15, -0.1) is 0 Å². The summed E-state index contributed by atoms with van der Waals surface area (Å²) in [7, 11) is 1.76. The molecule has 0 saturated carbocycles. The van der Waals surface area contributed by atoms with Crippen molar-refractivity contribution >= 4 is 23.0 Å². The predicted octanol–water partition coefficient (Wildman–Crippen LogP) is 4.13. The molecule has 0 N–H and O–H groups in total. The summed E-state index contributed by atoms with van der Waals surface area (Å²) in [5.74, 6) is -0.330. The molecule has 0 aliphatic carbocycles. The van der Waals surface area contributed by atoms with Gasteiger partial charge >= 0.3 is 0 Å². The summed E-state index contributed by atoms with van der Waals surface area (Å²) in [5, 5.41) is 14.9. The van der Waals surface area contributed by atoms with Crippen molar-refractivity contribution in [3.05, 3.63) is 91.6 Å². The van der Waals surface area contributed by atoms with Crippen LogP contribution in [0.25, 0.3) is 5.69 Å². The Kier molecular flexibility index (Phi) is 5.41. The number of aromatic nitrogens is 2. The van der Waals surface area contributed by atoms with Gasteiger partial charge in [0.2, 0.25) is 0 Å². The SMILES string of the molecule is CC(c1ccc(F)cc1)N(C)c1cnn(-c2ccc([N+](=O)[O-])cc2)c(=O)c1Cl. The smallest absolute Gasteiger partial charge is 0.292 e. The van der Waals surface area contributed by atoms with Gasteiger partial charge in [0.15, 0.2) is 0 Å². The lowest BCUT2D eigenvalue weighted by Gasteiger charge is -2.27. The van der Waals surface area contributed by atoms with Crippen molar-refractivity contribution in [2.24, 2.45) is 0 Å². The minimum Gasteiger partial charge on any atom is -0.365 e. The molecule has 1 aromatic heterocycles. The van der Waals surface area contributed by atoms with E-state index < -0.39 is 10.5 Å². The van der Waals surface area contributed by atoms with Gasteiger partial charge in [0.25, 0.3) is 11.2 Å². The maximum absolute atomic E-state index is 13.1. The summed E-state index contributed by atoms with van der Waals surface area (Å²) in [4.78, 5) is 24.7. The molecule has 0 radical (unpaired) electrons. The molecule has 3 aromatic rings. The van der Waals surface area contributed by atoms with Crippen LogP contribution in [0.4, 0.5) is 15.8 Å². The molecule has 28 heavy (non-hydrogen) atoms. The number of non-ortho nitro benzene ring substituents is 1. The lowest BCUT2D eigenvalue weighted by atomic mass is 10.1. The van der Waals surface area contributed by atoms with Crippen LogP contribution in [-0.4, -0.2) is 21.8 Å². The Bertz CT molecular complexity index is 1070. The third kappa shape index (κ3) is 3.72. The first-order chi connectivity index (χ1) is 13.3.